The SMILES string of the molecule is CC1(CCCBr)CCCCC1. The van der Waals surface area contributed by atoms with Crippen molar-refractivity contribution in [1.82, 2.24) is 0 Å². The molecule has 0 bridgehead atoms. The highest BCUT2D eigenvalue weighted by molar-refractivity contribution is 9.09. The van der Waals surface area contributed by atoms with E-state index in [0.717, 1.165) is 0 Å². The molecule has 0 atom stereocenters. The van der Waals surface area contributed by atoms with Crippen molar-refractivity contribution in [2.75, 3.05) is 5.33 Å². The second kappa shape index (κ2) is 4.49. The van der Waals surface area contributed by atoms with Crippen molar-refractivity contribution in [3.63, 3.8) is 0 Å². The molecule has 1 aliphatic carbocycles. The van der Waals surface area contributed by atoms with Crippen LogP contribution in [0.3, 0.4) is 0 Å². The molecule has 0 aromatic rings. The molecule has 0 heterocycles. The summed E-state index contributed by atoms with van der Waals surface area (Å²) in [6.07, 6.45) is 10.1. The first-order valence-corrected chi connectivity index (χ1v) is 5.95. The molecule has 1 fully saturated rings. The van der Waals surface area contributed by atoms with Crippen molar-refractivity contribution >= 4 is 15.9 Å². The Labute approximate surface area is 78.9 Å². The number of rotatable bonds is 3. The molecule has 0 aromatic heterocycles. The summed E-state index contributed by atoms with van der Waals surface area (Å²) in [5.41, 5.74) is 0.700. The van der Waals surface area contributed by atoms with E-state index in [0.29, 0.717) is 5.41 Å². The Bertz CT molecular complexity index is 103. The molecule has 1 saturated carbocycles. The number of halogens is 1. The molecular weight excluding hydrogens is 200 g/mol. The molecule has 66 valence electrons. The van der Waals surface area contributed by atoms with Gasteiger partial charge in [0.2, 0.25) is 0 Å². The highest BCUT2D eigenvalue weighted by Crippen LogP contribution is 2.39. The second-order valence-corrected chi connectivity index (χ2v) is 4.96. The van der Waals surface area contributed by atoms with E-state index in [-0.39, 0.29) is 0 Å². The maximum Gasteiger partial charge on any atom is 0.00315 e. The van der Waals surface area contributed by atoms with Crippen molar-refractivity contribution in [2.45, 2.75) is 51.9 Å². The third-order valence-electron chi connectivity index (χ3n) is 2.97. The zero-order chi connectivity index (χ0) is 8.16. The van der Waals surface area contributed by atoms with Crippen LogP contribution in [0.15, 0.2) is 0 Å². The first kappa shape index (κ1) is 9.57. The minimum atomic E-state index is 0.700. The van der Waals surface area contributed by atoms with E-state index < -0.39 is 0 Å². The highest BCUT2D eigenvalue weighted by atomic mass is 79.9. The van der Waals surface area contributed by atoms with E-state index in [9.17, 15) is 0 Å². The molecule has 0 saturated heterocycles. The second-order valence-electron chi connectivity index (χ2n) is 4.16. The third-order valence-corrected chi connectivity index (χ3v) is 3.54. The average Bonchev–Trinajstić information content (AvgIpc) is 2.03. The van der Waals surface area contributed by atoms with Gasteiger partial charge in [0.25, 0.3) is 0 Å². The van der Waals surface area contributed by atoms with Crippen LogP contribution in [0.1, 0.15) is 51.9 Å². The number of alkyl halides is 1. The number of hydrogen-bond acceptors (Lipinski definition) is 0. The van der Waals surface area contributed by atoms with Gasteiger partial charge in [0.1, 0.15) is 0 Å². The maximum absolute atomic E-state index is 3.50. The quantitative estimate of drug-likeness (QED) is 0.626. The van der Waals surface area contributed by atoms with Gasteiger partial charge < -0.3 is 0 Å². The molecule has 0 N–H and O–H groups in total. The zero-order valence-electron chi connectivity index (χ0n) is 7.53. The summed E-state index contributed by atoms with van der Waals surface area (Å²) >= 11 is 3.50. The van der Waals surface area contributed by atoms with E-state index in [2.05, 4.69) is 22.9 Å². The lowest BCUT2D eigenvalue weighted by molar-refractivity contribution is 0.198. The van der Waals surface area contributed by atoms with Crippen molar-refractivity contribution < 1.29 is 0 Å². The molecule has 0 nitrogen and oxygen atoms in total. The molecule has 1 rings (SSSR count). The van der Waals surface area contributed by atoms with Crippen LogP contribution in [-0.4, -0.2) is 5.33 Å². The van der Waals surface area contributed by atoms with Gasteiger partial charge in [-0.15, -0.1) is 0 Å². The van der Waals surface area contributed by atoms with E-state index in [1.807, 2.05) is 0 Å². The maximum atomic E-state index is 3.50. The molecule has 0 radical (unpaired) electrons. The van der Waals surface area contributed by atoms with E-state index in [1.165, 1.54) is 50.3 Å². The van der Waals surface area contributed by atoms with Crippen LogP contribution < -0.4 is 0 Å². The summed E-state index contributed by atoms with van der Waals surface area (Å²) in [5, 5.41) is 1.18. The minimum Gasteiger partial charge on any atom is -0.0928 e. The smallest absolute Gasteiger partial charge is 0.00315 e. The Hall–Kier alpha value is 0.480. The molecule has 1 aliphatic rings. The van der Waals surface area contributed by atoms with Crippen LogP contribution in [0.4, 0.5) is 0 Å². The fraction of sp³-hybridized carbons (Fsp3) is 1.00. The predicted octanol–water partition coefficient (Wildman–Crippen LogP) is 4.13. The summed E-state index contributed by atoms with van der Waals surface area (Å²) < 4.78 is 0. The molecular formula is C10H19Br. The normalized spacial score (nSPS) is 23.5. The van der Waals surface area contributed by atoms with Crippen LogP contribution >= 0.6 is 15.9 Å². The van der Waals surface area contributed by atoms with Crippen molar-refractivity contribution in [3.8, 4) is 0 Å². The standard InChI is InChI=1S/C10H19Br/c1-10(8-5-9-11)6-3-2-4-7-10/h2-9H2,1H3. The Balaban J connectivity index is 2.25. The Morgan fingerprint density at radius 1 is 1.18 bits per heavy atom. The topological polar surface area (TPSA) is 0 Å². The molecule has 0 aliphatic heterocycles. The van der Waals surface area contributed by atoms with E-state index in [1.54, 1.807) is 0 Å². The lowest BCUT2D eigenvalue weighted by atomic mass is 9.73. The van der Waals surface area contributed by atoms with Crippen LogP contribution in [0, 0.1) is 5.41 Å². The molecule has 0 spiro atoms. The molecule has 11 heavy (non-hydrogen) atoms. The Morgan fingerprint density at radius 2 is 1.82 bits per heavy atom. The fourth-order valence-electron chi connectivity index (χ4n) is 2.15. The van der Waals surface area contributed by atoms with Gasteiger partial charge in [0, 0.05) is 5.33 Å². The van der Waals surface area contributed by atoms with Gasteiger partial charge in [-0.2, -0.15) is 0 Å². The molecule has 0 aromatic carbocycles. The fourth-order valence-corrected chi connectivity index (χ4v) is 2.43. The molecule has 0 amide bonds. The van der Waals surface area contributed by atoms with Gasteiger partial charge in [0.05, 0.1) is 0 Å². The summed E-state index contributed by atoms with van der Waals surface area (Å²) in [7, 11) is 0. The van der Waals surface area contributed by atoms with Crippen LogP contribution in [0.2, 0.25) is 0 Å². The van der Waals surface area contributed by atoms with Gasteiger partial charge in [-0.1, -0.05) is 42.1 Å². The average molecular weight is 219 g/mol. The summed E-state index contributed by atoms with van der Waals surface area (Å²) in [6.45, 7) is 2.47. The lowest BCUT2D eigenvalue weighted by Crippen LogP contribution is -2.19. The van der Waals surface area contributed by atoms with E-state index >= 15 is 0 Å². The summed E-state index contributed by atoms with van der Waals surface area (Å²) in [6, 6.07) is 0. The van der Waals surface area contributed by atoms with Crippen LogP contribution in [0.25, 0.3) is 0 Å². The highest BCUT2D eigenvalue weighted by Gasteiger charge is 2.25. The minimum absolute atomic E-state index is 0.700. The van der Waals surface area contributed by atoms with Crippen molar-refractivity contribution in [3.05, 3.63) is 0 Å². The lowest BCUT2D eigenvalue weighted by Gasteiger charge is -2.33. The number of hydrogen-bond donors (Lipinski definition) is 0. The van der Waals surface area contributed by atoms with Gasteiger partial charge in [-0.05, 0) is 31.1 Å². The first-order valence-electron chi connectivity index (χ1n) is 4.83. The predicted molar refractivity (Wildman–Crippen MR) is 54.2 cm³/mol. The van der Waals surface area contributed by atoms with Crippen LogP contribution in [-0.2, 0) is 0 Å². The molecule has 0 unspecified atom stereocenters. The van der Waals surface area contributed by atoms with Crippen LogP contribution in [0.5, 0.6) is 0 Å². The molecule has 1 heteroatoms. The van der Waals surface area contributed by atoms with Gasteiger partial charge in [0.15, 0.2) is 0 Å². The summed E-state index contributed by atoms with van der Waals surface area (Å²) in [4.78, 5) is 0. The monoisotopic (exact) mass is 218 g/mol. The largest absolute Gasteiger partial charge is 0.0928 e. The van der Waals surface area contributed by atoms with Crippen molar-refractivity contribution in [1.29, 1.82) is 0 Å². The summed E-state index contributed by atoms with van der Waals surface area (Å²) in [5.74, 6) is 0. The van der Waals surface area contributed by atoms with Crippen molar-refractivity contribution in [2.24, 2.45) is 5.41 Å². The van der Waals surface area contributed by atoms with E-state index in [4.69, 9.17) is 0 Å². The zero-order valence-corrected chi connectivity index (χ0v) is 9.12. The first-order chi connectivity index (χ1) is 5.27. The van der Waals surface area contributed by atoms with Gasteiger partial charge in [-0.3, -0.25) is 0 Å². The Morgan fingerprint density at radius 3 is 2.36 bits per heavy atom. The third kappa shape index (κ3) is 3.14. The van der Waals surface area contributed by atoms with Gasteiger partial charge >= 0.3 is 0 Å². The van der Waals surface area contributed by atoms with Gasteiger partial charge in [-0.25, -0.2) is 0 Å². The Kier molecular flexibility index (Phi) is 3.91.